The smallest absolute Gasteiger partial charge is 0.223 e. The molecule has 1 aliphatic rings. The molecule has 0 bridgehead atoms. The highest BCUT2D eigenvalue weighted by Crippen LogP contribution is 2.28. The summed E-state index contributed by atoms with van der Waals surface area (Å²) in [4.78, 5) is 20.8. The van der Waals surface area contributed by atoms with Gasteiger partial charge in [-0.3, -0.25) is 4.79 Å². The molecule has 1 aliphatic carbocycles. The molecular formula is C15H22N6O2S. The van der Waals surface area contributed by atoms with Crippen LogP contribution in [-0.2, 0) is 16.1 Å². The minimum atomic E-state index is 0.146. The molecule has 0 radical (unpaired) electrons. The summed E-state index contributed by atoms with van der Waals surface area (Å²) in [6.45, 7) is 2.40. The number of thioether (sulfide) groups is 1. The summed E-state index contributed by atoms with van der Waals surface area (Å²) in [5, 5.41) is 12.2. The van der Waals surface area contributed by atoms with E-state index in [0.29, 0.717) is 31.4 Å². The molecule has 2 aromatic rings. The van der Waals surface area contributed by atoms with Gasteiger partial charge in [-0.2, -0.15) is 5.10 Å². The third-order valence-corrected chi connectivity index (χ3v) is 4.38. The van der Waals surface area contributed by atoms with Gasteiger partial charge in [0.15, 0.2) is 10.8 Å². The number of hydrogen-bond acceptors (Lipinski definition) is 7. The number of nitrogens with zero attached hydrogens (tertiary/aromatic N) is 4. The SMILES string of the molecule is COCCNc1nc(SC)nc2c1cnn2CCNC(=O)C1CC1. The molecule has 1 saturated carbocycles. The van der Waals surface area contributed by atoms with Crippen molar-refractivity contribution in [3.05, 3.63) is 6.20 Å². The summed E-state index contributed by atoms with van der Waals surface area (Å²) in [5.41, 5.74) is 0.773. The minimum absolute atomic E-state index is 0.146. The third kappa shape index (κ3) is 3.96. The van der Waals surface area contributed by atoms with Crippen LogP contribution in [0, 0.1) is 5.92 Å². The maximum Gasteiger partial charge on any atom is 0.223 e. The Balaban J connectivity index is 1.73. The number of fused-ring (bicyclic) bond motifs is 1. The lowest BCUT2D eigenvalue weighted by Gasteiger charge is -2.09. The number of rotatable bonds is 9. The zero-order chi connectivity index (χ0) is 16.9. The largest absolute Gasteiger partial charge is 0.383 e. The zero-order valence-electron chi connectivity index (χ0n) is 13.9. The van der Waals surface area contributed by atoms with Gasteiger partial charge in [-0.15, -0.1) is 0 Å². The highest BCUT2D eigenvalue weighted by molar-refractivity contribution is 7.98. The molecule has 24 heavy (non-hydrogen) atoms. The van der Waals surface area contributed by atoms with E-state index in [1.165, 1.54) is 11.8 Å². The fraction of sp³-hybridized carbons (Fsp3) is 0.600. The summed E-state index contributed by atoms with van der Waals surface area (Å²) < 4.78 is 6.88. The topological polar surface area (TPSA) is 94.0 Å². The lowest BCUT2D eigenvalue weighted by Crippen LogP contribution is -2.28. The molecule has 3 rings (SSSR count). The first-order chi connectivity index (χ1) is 11.7. The van der Waals surface area contributed by atoms with Crippen molar-refractivity contribution < 1.29 is 9.53 Å². The van der Waals surface area contributed by atoms with E-state index in [0.717, 1.165) is 29.7 Å². The Morgan fingerprint density at radius 3 is 2.96 bits per heavy atom. The molecule has 0 aromatic carbocycles. The van der Waals surface area contributed by atoms with Gasteiger partial charge in [0.1, 0.15) is 5.82 Å². The molecule has 9 heteroatoms. The third-order valence-electron chi connectivity index (χ3n) is 3.83. The second-order valence-electron chi connectivity index (χ2n) is 5.65. The van der Waals surface area contributed by atoms with Gasteiger partial charge in [-0.25, -0.2) is 14.6 Å². The van der Waals surface area contributed by atoms with E-state index >= 15 is 0 Å². The van der Waals surface area contributed by atoms with E-state index in [4.69, 9.17) is 4.74 Å². The van der Waals surface area contributed by atoms with Crippen molar-refractivity contribution in [2.24, 2.45) is 5.92 Å². The normalized spacial score (nSPS) is 14.1. The van der Waals surface area contributed by atoms with Gasteiger partial charge in [0, 0.05) is 26.1 Å². The fourth-order valence-corrected chi connectivity index (χ4v) is 2.73. The number of ether oxygens (including phenoxy) is 1. The van der Waals surface area contributed by atoms with Gasteiger partial charge in [-0.05, 0) is 19.1 Å². The molecule has 0 spiro atoms. The van der Waals surface area contributed by atoms with E-state index in [1.807, 2.05) is 10.9 Å². The number of amides is 1. The molecule has 8 nitrogen and oxygen atoms in total. The lowest BCUT2D eigenvalue weighted by atomic mass is 10.4. The standard InChI is InChI=1S/C15H22N6O2S/c1-23-8-6-16-12-11-9-18-21(13(11)20-15(19-12)24-2)7-5-17-14(22)10-3-4-10/h9-10H,3-8H2,1-2H3,(H,17,22)(H,16,19,20). The Kier molecular flexibility index (Phi) is 5.52. The first-order valence-corrected chi connectivity index (χ1v) is 9.23. The fourth-order valence-electron chi connectivity index (χ4n) is 2.37. The van der Waals surface area contributed by atoms with Crippen molar-refractivity contribution in [3.63, 3.8) is 0 Å². The highest BCUT2D eigenvalue weighted by atomic mass is 32.2. The number of hydrogen-bond donors (Lipinski definition) is 2. The Labute approximate surface area is 144 Å². The molecule has 2 heterocycles. The number of carbonyl (C=O) groups excluding carboxylic acids is 1. The first kappa shape index (κ1) is 17.0. The van der Waals surface area contributed by atoms with Crippen LogP contribution in [0.25, 0.3) is 11.0 Å². The van der Waals surface area contributed by atoms with Gasteiger partial charge in [0.05, 0.1) is 24.7 Å². The van der Waals surface area contributed by atoms with Crippen molar-refractivity contribution in [1.82, 2.24) is 25.1 Å². The first-order valence-electron chi connectivity index (χ1n) is 8.01. The zero-order valence-corrected chi connectivity index (χ0v) is 14.7. The van der Waals surface area contributed by atoms with Crippen LogP contribution in [0.15, 0.2) is 11.4 Å². The maximum absolute atomic E-state index is 11.7. The van der Waals surface area contributed by atoms with Crippen LogP contribution in [0.1, 0.15) is 12.8 Å². The van der Waals surface area contributed by atoms with Gasteiger partial charge in [0.2, 0.25) is 5.91 Å². The summed E-state index contributed by atoms with van der Waals surface area (Å²) in [6.07, 6.45) is 5.72. The average Bonchev–Trinajstić information content (AvgIpc) is 3.37. The Hall–Kier alpha value is -1.87. The number of carbonyl (C=O) groups is 1. The van der Waals surface area contributed by atoms with Crippen molar-refractivity contribution in [3.8, 4) is 0 Å². The predicted molar refractivity (Wildman–Crippen MR) is 93.2 cm³/mol. The van der Waals surface area contributed by atoms with E-state index in [9.17, 15) is 4.79 Å². The average molecular weight is 350 g/mol. The second-order valence-corrected chi connectivity index (χ2v) is 6.42. The molecule has 0 atom stereocenters. The molecular weight excluding hydrogens is 328 g/mol. The van der Waals surface area contributed by atoms with Gasteiger partial charge in [0.25, 0.3) is 0 Å². The molecule has 0 unspecified atom stereocenters. The van der Waals surface area contributed by atoms with Crippen molar-refractivity contribution in [1.29, 1.82) is 0 Å². The van der Waals surface area contributed by atoms with E-state index in [2.05, 4.69) is 25.7 Å². The van der Waals surface area contributed by atoms with E-state index in [-0.39, 0.29) is 11.8 Å². The minimum Gasteiger partial charge on any atom is -0.383 e. The van der Waals surface area contributed by atoms with Gasteiger partial charge in [-0.1, -0.05) is 11.8 Å². The lowest BCUT2D eigenvalue weighted by molar-refractivity contribution is -0.122. The quantitative estimate of drug-likeness (QED) is 0.398. The number of aromatic nitrogens is 4. The van der Waals surface area contributed by atoms with Crippen LogP contribution in [0.4, 0.5) is 5.82 Å². The maximum atomic E-state index is 11.7. The van der Waals surface area contributed by atoms with Crippen molar-refractivity contribution >= 4 is 34.5 Å². The molecule has 1 fully saturated rings. The predicted octanol–water partition coefficient (Wildman–Crippen LogP) is 1.13. The van der Waals surface area contributed by atoms with Crippen LogP contribution in [-0.4, -0.2) is 58.7 Å². The molecule has 0 aliphatic heterocycles. The van der Waals surface area contributed by atoms with Crippen molar-refractivity contribution in [2.75, 3.05) is 38.4 Å². The van der Waals surface area contributed by atoms with E-state index in [1.54, 1.807) is 13.3 Å². The monoisotopic (exact) mass is 350 g/mol. The Morgan fingerprint density at radius 2 is 2.25 bits per heavy atom. The molecule has 2 N–H and O–H groups in total. The second kappa shape index (κ2) is 7.80. The van der Waals surface area contributed by atoms with Crippen LogP contribution < -0.4 is 10.6 Å². The van der Waals surface area contributed by atoms with Crippen LogP contribution in [0.3, 0.4) is 0 Å². The molecule has 2 aromatic heterocycles. The van der Waals surface area contributed by atoms with Gasteiger partial charge >= 0.3 is 0 Å². The van der Waals surface area contributed by atoms with Crippen LogP contribution in [0.5, 0.6) is 0 Å². The summed E-state index contributed by atoms with van der Waals surface area (Å²) >= 11 is 1.49. The van der Waals surface area contributed by atoms with Gasteiger partial charge < -0.3 is 15.4 Å². The Morgan fingerprint density at radius 1 is 1.42 bits per heavy atom. The summed E-state index contributed by atoms with van der Waals surface area (Å²) in [6, 6.07) is 0. The van der Waals surface area contributed by atoms with Crippen LogP contribution >= 0.6 is 11.8 Å². The molecule has 130 valence electrons. The Bertz CT molecular complexity index is 715. The van der Waals surface area contributed by atoms with Crippen molar-refractivity contribution in [2.45, 2.75) is 24.5 Å². The number of nitrogens with one attached hydrogen (secondary N) is 2. The van der Waals surface area contributed by atoms with Crippen LogP contribution in [0.2, 0.25) is 0 Å². The number of methoxy groups -OCH3 is 1. The summed E-state index contributed by atoms with van der Waals surface area (Å²) in [7, 11) is 1.67. The highest BCUT2D eigenvalue weighted by Gasteiger charge is 2.29. The number of anilines is 1. The molecule has 0 saturated heterocycles. The van der Waals surface area contributed by atoms with E-state index < -0.39 is 0 Å². The molecule has 1 amide bonds. The summed E-state index contributed by atoms with van der Waals surface area (Å²) in [5.74, 6) is 1.13.